The minimum Gasteiger partial charge on any atom is -0.348 e. The topological polar surface area (TPSA) is 36.9 Å². The van der Waals surface area contributed by atoms with E-state index in [0.717, 1.165) is 5.56 Å². The van der Waals surface area contributed by atoms with Gasteiger partial charge in [0.05, 0.1) is 13.2 Å². The molecular formula is C14H18O4. The molecule has 0 saturated carbocycles. The van der Waals surface area contributed by atoms with Gasteiger partial charge in [0.2, 0.25) is 0 Å². The summed E-state index contributed by atoms with van der Waals surface area (Å²) in [6.07, 6.45) is -0.424. The van der Waals surface area contributed by atoms with Gasteiger partial charge in [-0.1, -0.05) is 30.3 Å². The van der Waals surface area contributed by atoms with Gasteiger partial charge in [-0.15, -0.1) is 0 Å². The van der Waals surface area contributed by atoms with Gasteiger partial charge in [0.25, 0.3) is 0 Å². The molecule has 2 fully saturated rings. The normalized spacial score (nSPS) is 34.9. The molecule has 0 spiro atoms. The molecule has 4 heteroatoms. The largest absolute Gasteiger partial charge is 0.348 e. The molecule has 4 nitrogen and oxygen atoms in total. The lowest BCUT2D eigenvalue weighted by molar-refractivity contribution is -0.367. The summed E-state index contributed by atoms with van der Waals surface area (Å²) in [4.78, 5) is 0. The van der Waals surface area contributed by atoms with Crippen LogP contribution < -0.4 is 0 Å². The second-order valence-electron chi connectivity index (χ2n) is 5.12. The fourth-order valence-corrected chi connectivity index (χ4v) is 2.30. The average molecular weight is 250 g/mol. The highest BCUT2D eigenvalue weighted by molar-refractivity contribution is 5.16. The zero-order chi connectivity index (χ0) is 12.6. The SMILES string of the molecule is CC1(C)OC[C@@H]2OC(c3ccccc3)OC[C@H]2O1. The van der Waals surface area contributed by atoms with Crippen molar-refractivity contribution in [2.45, 2.75) is 38.1 Å². The molecule has 0 aliphatic carbocycles. The van der Waals surface area contributed by atoms with E-state index in [4.69, 9.17) is 18.9 Å². The number of benzene rings is 1. The first-order chi connectivity index (χ1) is 8.64. The van der Waals surface area contributed by atoms with Gasteiger partial charge in [-0.3, -0.25) is 0 Å². The van der Waals surface area contributed by atoms with Crippen LogP contribution in [0.15, 0.2) is 30.3 Å². The Morgan fingerprint density at radius 1 is 1.06 bits per heavy atom. The van der Waals surface area contributed by atoms with Gasteiger partial charge in [-0.05, 0) is 13.8 Å². The van der Waals surface area contributed by atoms with E-state index in [-0.39, 0.29) is 18.5 Å². The first-order valence-electron chi connectivity index (χ1n) is 6.28. The lowest BCUT2D eigenvalue weighted by Gasteiger charge is -2.44. The van der Waals surface area contributed by atoms with E-state index < -0.39 is 5.79 Å². The van der Waals surface area contributed by atoms with Crippen LogP contribution in [-0.2, 0) is 18.9 Å². The quantitative estimate of drug-likeness (QED) is 0.766. The van der Waals surface area contributed by atoms with Gasteiger partial charge in [0.1, 0.15) is 12.2 Å². The molecule has 2 aliphatic rings. The van der Waals surface area contributed by atoms with E-state index in [1.165, 1.54) is 0 Å². The number of rotatable bonds is 1. The standard InChI is InChI=1S/C14H18O4/c1-14(2)16-9-11-12(18-14)8-15-13(17-11)10-6-4-3-5-7-10/h3-7,11-13H,8-9H2,1-2H3/t11-,12+,13?/m0/s1. The number of hydrogen-bond acceptors (Lipinski definition) is 4. The summed E-state index contributed by atoms with van der Waals surface area (Å²) in [7, 11) is 0. The van der Waals surface area contributed by atoms with Crippen molar-refractivity contribution in [1.29, 1.82) is 0 Å². The summed E-state index contributed by atoms with van der Waals surface area (Å²) in [6, 6.07) is 9.93. The van der Waals surface area contributed by atoms with Crippen molar-refractivity contribution >= 4 is 0 Å². The van der Waals surface area contributed by atoms with Gasteiger partial charge in [-0.2, -0.15) is 0 Å². The van der Waals surface area contributed by atoms with Crippen LogP contribution in [0.3, 0.4) is 0 Å². The summed E-state index contributed by atoms with van der Waals surface area (Å²) in [5.74, 6) is -0.548. The molecule has 3 atom stereocenters. The number of fused-ring (bicyclic) bond motifs is 1. The molecule has 0 radical (unpaired) electrons. The Morgan fingerprint density at radius 2 is 1.83 bits per heavy atom. The third-order valence-corrected chi connectivity index (χ3v) is 3.23. The molecule has 1 unspecified atom stereocenters. The molecule has 2 saturated heterocycles. The Morgan fingerprint density at radius 3 is 2.61 bits per heavy atom. The molecule has 3 rings (SSSR count). The van der Waals surface area contributed by atoms with E-state index in [1.54, 1.807) is 0 Å². The van der Waals surface area contributed by atoms with E-state index in [1.807, 2.05) is 44.2 Å². The molecule has 2 aliphatic heterocycles. The highest BCUT2D eigenvalue weighted by Gasteiger charge is 2.41. The monoisotopic (exact) mass is 250 g/mol. The lowest BCUT2D eigenvalue weighted by Crippen LogP contribution is -2.54. The van der Waals surface area contributed by atoms with Crippen LogP contribution in [0.2, 0.25) is 0 Å². The van der Waals surface area contributed by atoms with Crippen molar-refractivity contribution in [3.63, 3.8) is 0 Å². The second kappa shape index (κ2) is 4.63. The average Bonchev–Trinajstić information content (AvgIpc) is 2.38. The van der Waals surface area contributed by atoms with Crippen LogP contribution >= 0.6 is 0 Å². The Hall–Kier alpha value is -0.940. The van der Waals surface area contributed by atoms with Crippen LogP contribution in [-0.4, -0.2) is 31.2 Å². The summed E-state index contributed by atoms with van der Waals surface area (Å²) >= 11 is 0. The number of hydrogen-bond donors (Lipinski definition) is 0. The van der Waals surface area contributed by atoms with Gasteiger partial charge < -0.3 is 18.9 Å². The van der Waals surface area contributed by atoms with Crippen LogP contribution in [0.1, 0.15) is 25.7 Å². The summed E-state index contributed by atoms with van der Waals surface area (Å²) in [5, 5.41) is 0. The van der Waals surface area contributed by atoms with Gasteiger partial charge in [0.15, 0.2) is 12.1 Å². The van der Waals surface area contributed by atoms with E-state index >= 15 is 0 Å². The maximum atomic E-state index is 5.90. The molecule has 0 amide bonds. The molecule has 98 valence electrons. The first kappa shape index (κ1) is 12.1. The Bertz CT molecular complexity index is 404. The van der Waals surface area contributed by atoms with Gasteiger partial charge >= 0.3 is 0 Å². The Labute approximate surface area is 107 Å². The minimum absolute atomic E-state index is 0.0475. The van der Waals surface area contributed by atoms with Crippen LogP contribution in [0.25, 0.3) is 0 Å². The molecular weight excluding hydrogens is 232 g/mol. The number of ether oxygens (including phenoxy) is 4. The summed E-state index contributed by atoms with van der Waals surface area (Å²) in [5.41, 5.74) is 1.03. The highest BCUT2D eigenvalue weighted by Crippen LogP contribution is 2.33. The molecule has 18 heavy (non-hydrogen) atoms. The molecule has 0 bridgehead atoms. The fraction of sp³-hybridized carbons (Fsp3) is 0.571. The molecule has 0 aromatic heterocycles. The predicted octanol–water partition coefficient (Wildman–Crippen LogP) is 2.25. The zero-order valence-electron chi connectivity index (χ0n) is 10.7. The van der Waals surface area contributed by atoms with Crippen LogP contribution in [0, 0.1) is 0 Å². The van der Waals surface area contributed by atoms with Crippen molar-refractivity contribution in [2.75, 3.05) is 13.2 Å². The molecule has 2 heterocycles. The zero-order valence-corrected chi connectivity index (χ0v) is 10.7. The predicted molar refractivity (Wildman–Crippen MR) is 64.9 cm³/mol. The maximum Gasteiger partial charge on any atom is 0.184 e. The van der Waals surface area contributed by atoms with E-state index in [2.05, 4.69) is 0 Å². The third-order valence-electron chi connectivity index (χ3n) is 3.23. The summed E-state index contributed by atoms with van der Waals surface area (Å²) < 4.78 is 23.0. The highest BCUT2D eigenvalue weighted by atomic mass is 16.8. The Balaban J connectivity index is 1.69. The van der Waals surface area contributed by atoms with Crippen molar-refractivity contribution in [3.8, 4) is 0 Å². The lowest BCUT2D eigenvalue weighted by atomic mass is 10.1. The van der Waals surface area contributed by atoms with Crippen molar-refractivity contribution in [2.24, 2.45) is 0 Å². The van der Waals surface area contributed by atoms with E-state index in [0.29, 0.717) is 13.2 Å². The minimum atomic E-state index is -0.548. The first-order valence-corrected chi connectivity index (χ1v) is 6.28. The van der Waals surface area contributed by atoms with Crippen molar-refractivity contribution in [3.05, 3.63) is 35.9 Å². The molecule has 1 aromatic rings. The fourth-order valence-electron chi connectivity index (χ4n) is 2.30. The smallest absolute Gasteiger partial charge is 0.184 e. The van der Waals surface area contributed by atoms with Crippen molar-refractivity contribution in [1.82, 2.24) is 0 Å². The summed E-state index contributed by atoms with van der Waals surface area (Å²) in [6.45, 7) is 4.90. The van der Waals surface area contributed by atoms with Crippen LogP contribution in [0.4, 0.5) is 0 Å². The molecule has 0 N–H and O–H groups in total. The Kier molecular flexibility index (Phi) is 3.11. The second-order valence-corrected chi connectivity index (χ2v) is 5.12. The maximum absolute atomic E-state index is 5.90. The van der Waals surface area contributed by atoms with Crippen LogP contribution in [0.5, 0.6) is 0 Å². The van der Waals surface area contributed by atoms with E-state index in [9.17, 15) is 0 Å². The van der Waals surface area contributed by atoms with Gasteiger partial charge in [0, 0.05) is 5.56 Å². The third kappa shape index (κ3) is 2.42. The molecule has 1 aromatic carbocycles. The van der Waals surface area contributed by atoms with Gasteiger partial charge in [-0.25, -0.2) is 0 Å². The van der Waals surface area contributed by atoms with Crippen molar-refractivity contribution < 1.29 is 18.9 Å².